The van der Waals surface area contributed by atoms with Crippen molar-refractivity contribution in [1.82, 2.24) is 19.6 Å². The van der Waals surface area contributed by atoms with Gasteiger partial charge in [-0.25, -0.2) is 4.79 Å². The number of rotatable bonds is 3. The smallest absolute Gasteiger partial charge is 0.323 e. The van der Waals surface area contributed by atoms with E-state index in [1.165, 1.54) is 25.1 Å². The summed E-state index contributed by atoms with van der Waals surface area (Å²) >= 11 is 0. The Kier molecular flexibility index (Phi) is 4.47. The van der Waals surface area contributed by atoms with Gasteiger partial charge in [0.2, 0.25) is 0 Å². The molecule has 6 nitrogen and oxygen atoms in total. The number of halogens is 3. The van der Waals surface area contributed by atoms with Gasteiger partial charge in [-0.1, -0.05) is 0 Å². The van der Waals surface area contributed by atoms with Crippen LogP contribution in [0.4, 0.5) is 23.8 Å². The van der Waals surface area contributed by atoms with E-state index in [4.69, 9.17) is 0 Å². The third-order valence-electron chi connectivity index (χ3n) is 4.32. The molecule has 0 aliphatic carbocycles. The van der Waals surface area contributed by atoms with Crippen molar-refractivity contribution in [1.29, 1.82) is 0 Å². The predicted octanol–water partition coefficient (Wildman–Crippen LogP) is 2.15. The molecule has 1 N–H and O–H groups in total. The fourth-order valence-corrected chi connectivity index (χ4v) is 3.22. The molecule has 128 valence electrons. The molecule has 1 unspecified atom stereocenters. The van der Waals surface area contributed by atoms with Crippen molar-refractivity contribution in [3.8, 4) is 0 Å². The lowest BCUT2D eigenvalue weighted by Crippen LogP contribution is -2.38. The van der Waals surface area contributed by atoms with Gasteiger partial charge in [0.05, 0.1) is 0 Å². The van der Waals surface area contributed by atoms with Crippen molar-refractivity contribution < 1.29 is 18.0 Å². The highest BCUT2D eigenvalue weighted by atomic mass is 19.4. The van der Waals surface area contributed by atoms with E-state index in [1.807, 2.05) is 0 Å². The molecule has 1 atom stereocenters. The number of likely N-dealkylation sites (tertiary alicyclic amines) is 2. The van der Waals surface area contributed by atoms with E-state index in [0.717, 1.165) is 24.2 Å². The van der Waals surface area contributed by atoms with Gasteiger partial charge in [0.25, 0.3) is 0 Å². The summed E-state index contributed by atoms with van der Waals surface area (Å²) in [5, 5.41) is 6.30. The number of anilines is 1. The average molecular weight is 331 g/mol. The SMILES string of the molecule is O=C(Nc1ccn(CC(F)(F)F)n1)N1CCC(N2CCCC2)C1. The van der Waals surface area contributed by atoms with Crippen LogP contribution in [0, 0.1) is 0 Å². The number of hydrogen-bond acceptors (Lipinski definition) is 3. The molecule has 3 rings (SSSR count). The Morgan fingerprint density at radius 1 is 1.30 bits per heavy atom. The van der Waals surface area contributed by atoms with Crippen molar-refractivity contribution in [2.75, 3.05) is 31.5 Å². The highest BCUT2D eigenvalue weighted by Crippen LogP contribution is 2.21. The second kappa shape index (κ2) is 6.38. The quantitative estimate of drug-likeness (QED) is 0.923. The maximum Gasteiger partial charge on any atom is 0.408 e. The van der Waals surface area contributed by atoms with E-state index in [9.17, 15) is 18.0 Å². The van der Waals surface area contributed by atoms with Crippen molar-refractivity contribution in [3.63, 3.8) is 0 Å². The minimum atomic E-state index is -4.33. The summed E-state index contributed by atoms with van der Waals surface area (Å²) in [4.78, 5) is 16.3. The number of carbonyl (C=O) groups excluding carboxylic acids is 1. The number of nitrogens with zero attached hydrogens (tertiary/aromatic N) is 4. The second-order valence-corrected chi connectivity index (χ2v) is 6.08. The van der Waals surface area contributed by atoms with Gasteiger partial charge in [-0.05, 0) is 32.4 Å². The first-order chi connectivity index (χ1) is 10.9. The third-order valence-corrected chi connectivity index (χ3v) is 4.32. The number of amides is 2. The Morgan fingerprint density at radius 3 is 2.74 bits per heavy atom. The summed E-state index contributed by atoms with van der Waals surface area (Å²) in [7, 11) is 0. The molecule has 23 heavy (non-hydrogen) atoms. The number of aromatic nitrogens is 2. The zero-order valence-electron chi connectivity index (χ0n) is 12.7. The molecule has 2 amide bonds. The Bertz CT molecular complexity index is 553. The van der Waals surface area contributed by atoms with E-state index in [2.05, 4.69) is 15.3 Å². The Morgan fingerprint density at radius 2 is 2.04 bits per heavy atom. The Labute approximate surface area is 132 Å². The summed E-state index contributed by atoms with van der Waals surface area (Å²) in [6.45, 7) is 2.33. The number of carbonyl (C=O) groups is 1. The standard InChI is InChI=1S/C14H20F3N5O/c15-14(16,17)10-22-8-4-12(19-22)18-13(23)21-7-3-11(9-21)20-5-1-2-6-20/h4,8,11H,1-3,5-7,9-10H2,(H,18,19,23). The molecule has 0 radical (unpaired) electrons. The van der Waals surface area contributed by atoms with Crippen LogP contribution in [-0.4, -0.2) is 64.0 Å². The number of alkyl halides is 3. The van der Waals surface area contributed by atoms with Crippen molar-refractivity contribution >= 4 is 11.8 Å². The number of hydrogen-bond donors (Lipinski definition) is 1. The first-order valence-electron chi connectivity index (χ1n) is 7.81. The van der Waals surface area contributed by atoms with Crippen molar-refractivity contribution in [2.45, 2.75) is 38.0 Å². The van der Waals surface area contributed by atoms with Crippen LogP contribution in [-0.2, 0) is 6.54 Å². The zero-order chi connectivity index (χ0) is 16.4. The number of nitrogens with one attached hydrogen (secondary N) is 1. The summed E-state index contributed by atoms with van der Waals surface area (Å²) in [6, 6.07) is 1.47. The highest BCUT2D eigenvalue weighted by Gasteiger charge is 2.32. The van der Waals surface area contributed by atoms with Crippen LogP contribution in [0.1, 0.15) is 19.3 Å². The van der Waals surface area contributed by atoms with E-state index in [-0.39, 0.29) is 11.8 Å². The van der Waals surface area contributed by atoms with Gasteiger partial charge >= 0.3 is 12.2 Å². The van der Waals surface area contributed by atoms with E-state index in [0.29, 0.717) is 19.1 Å². The molecule has 2 saturated heterocycles. The Hall–Kier alpha value is -1.77. The molecule has 0 spiro atoms. The zero-order valence-corrected chi connectivity index (χ0v) is 12.7. The van der Waals surface area contributed by atoms with E-state index >= 15 is 0 Å². The minimum absolute atomic E-state index is 0.142. The van der Waals surface area contributed by atoms with Crippen LogP contribution in [0.15, 0.2) is 12.3 Å². The van der Waals surface area contributed by atoms with Crippen LogP contribution >= 0.6 is 0 Å². The van der Waals surface area contributed by atoms with Crippen LogP contribution < -0.4 is 5.32 Å². The fraction of sp³-hybridized carbons (Fsp3) is 0.714. The van der Waals surface area contributed by atoms with Gasteiger partial charge in [-0.2, -0.15) is 18.3 Å². The van der Waals surface area contributed by atoms with Gasteiger partial charge < -0.3 is 4.90 Å². The van der Waals surface area contributed by atoms with Crippen LogP contribution in [0.5, 0.6) is 0 Å². The molecular formula is C14H20F3N5O. The van der Waals surface area contributed by atoms with E-state index in [1.54, 1.807) is 4.90 Å². The minimum Gasteiger partial charge on any atom is -0.323 e. The molecule has 0 bridgehead atoms. The molecule has 2 aliphatic rings. The van der Waals surface area contributed by atoms with Crippen molar-refractivity contribution in [3.05, 3.63) is 12.3 Å². The maximum atomic E-state index is 12.3. The van der Waals surface area contributed by atoms with Gasteiger partial charge in [0.1, 0.15) is 6.54 Å². The number of urea groups is 1. The molecule has 3 heterocycles. The second-order valence-electron chi connectivity index (χ2n) is 6.08. The summed E-state index contributed by atoms with van der Waals surface area (Å²) in [5.41, 5.74) is 0. The van der Waals surface area contributed by atoms with Crippen molar-refractivity contribution in [2.24, 2.45) is 0 Å². The molecule has 1 aromatic heterocycles. The molecule has 9 heteroatoms. The van der Waals surface area contributed by atoms with Crippen LogP contribution in [0.2, 0.25) is 0 Å². The lowest BCUT2D eigenvalue weighted by Gasteiger charge is -2.23. The molecular weight excluding hydrogens is 311 g/mol. The third kappa shape index (κ3) is 4.15. The van der Waals surface area contributed by atoms with Crippen LogP contribution in [0.25, 0.3) is 0 Å². The highest BCUT2D eigenvalue weighted by molar-refractivity contribution is 5.88. The van der Waals surface area contributed by atoms with Gasteiger partial charge in [0.15, 0.2) is 5.82 Å². The normalized spacial score (nSPS) is 22.7. The van der Waals surface area contributed by atoms with E-state index < -0.39 is 12.7 Å². The molecule has 2 aliphatic heterocycles. The monoisotopic (exact) mass is 331 g/mol. The summed E-state index contributed by atoms with van der Waals surface area (Å²) in [6.07, 6.45) is 0.236. The average Bonchev–Trinajstić information content (AvgIpc) is 3.17. The molecule has 0 aromatic carbocycles. The topological polar surface area (TPSA) is 53.4 Å². The Balaban J connectivity index is 1.51. The van der Waals surface area contributed by atoms with Gasteiger partial charge in [-0.15, -0.1) is 0 Å². The summed E-state index contributed by atoms with van der Waals surface area (Å²) < 4.78 is 37.6. The molecule has 2 fully saturated rings. The fourth-order valence-electron chi connectivity index (χ4n) is 3.22. The summed E-state index contributed by atoms with van der Waals surface area (Å²) in [5.74, 6) is 0.142. The molecule has 0 saturated carbocycles. The van der Waals surface area contributed by atoms with Gasteiger partial charge in [-0.3, -0.25) is 14.9 Å². The van der Waals surface area contributed by atoms with Gasteiger partial charge in [0, 0.05) is 31.4 Å². The maximum absolute atomic E-state index is 12.3. The lowest BCUT2D eigenvalue weighted by atomic mass is 10.2. The first kappa shape index (κ1) is 16.1. The lowest BCUT2D eigenvalue weighted by molar-refractivity contribution is -0.142. The largest absolute Gasteiger partial charge is 0.408 e. The molecule has 1 aromatic rings. The first-order valence-corrected chi connectivity index (χ1v) is 7.81. The van der Waals surface area contributed by atoms with Crippen LogP contribution in [0.3, 0.4) is 0 Å². The predicted molar refractivity (Wildman–Crippen MR) is 78.1 cm³/mol.